The molecular weight excluding hydrogens is 256 g/mol. The van der Waals surface area contributed by atoms with Crippen molar-refractivity contribution in [2.24, 2.45) is 5.92 Å². The highest BCUT2D eigenvalue weighted by atomic mass is 32.1. The lowest BCUT2D eigenvalue weighted by Crippen LogP contribution is -2.43. The number of rotatable bonds is 4. The van der Waals surface area contributed by atoms with E-state index in [0.717, 1.165) is 42.9 Å². The third kappa shape index (κ3) is 4.42. The average molecular weight is 282 g/mol. The first-order valence-corrected chi connectivity index (χ1v) is 8.08. The number of anilines is 1. The molecule has 1 aliphatic rings. The van der Waals surface area contributed by atoms with Crippen molar-refractivity contribution in [2.75, 3.05) is 24.5 Å². The van der Waals surface area contributed by atoms with Gasteiger partial charge in [-0.25, -0.2) is 4.98 Å². The highest BCUT2D eigenvalue weighted by Crippen LogP contribution is 2.24. The fourth-order valence-electron chi connectivity index (χ4n) is 2.30. The van der Waals surface area contributed by atoms with Crippen LogP contribution in [0.1, 0.15) is 46.4 Å². The normalized spacial score (nSPS) is 18.0. The molecule has 0 aromatic carbocycles. The molecule has 0 bridgehead atoms. The number of hydrogen-bond donors (Lipinski definition) is 1. The molecule has 1 aromatic heterocycles. The Hall–Kier alpha value is -0.680. The van der Waals surface area contributed by atoms with Crippen molar-refractivity contribution in [1.29, 1.82) is 0 Å². The fourth-order valence-corrected chi connectivity index (χ4v) is 3.10. The van der Waals surface area contributed by atoms with E-state index in [2.05, 4.69) is 47.3 Å². The van der Waals surface area contributed by atoms with Crippen molar-refractivity contribution in [3.63, 3.8) is 0 Å². The summed E-state index contributed by atoms with van der Waals surface area (Å²) in [6.45, 7) is 12.2. The molecule has 1 saturated heterocycles. The van der Waals surface area contributed by atoms with Gasteiger partial charge in [0.2, 0.25) is 5.13 Å². The Balaban J connectivity index is 1.79. The first kappa shape index (κ1) is 14.7. The van der Waals surface area contributed by atoms with Gasteiger partial charge in [0.1, 0.15) is 5.82 Å². The molecule has 0 atom stereocenters. The summed E-state index contributed by atoms with van der Waals surface area (Å²) in [5.41, 5.74) is 0.229. The topological polar surface area (TPSA) is 41.1 Å². The van der Waals surface area contributed by atoms with E-state index in [4.69, 9.17) is 0 Å². The van der Waals surface area contributed by atoms with Crippen LogP contribution in [0.3, 0.4) is 0 Å². The van der Waals surface area contributed by atoms with Gasteiger partial charge in [0, 0.05) is 36.6 Å². The van der Waals surface area contributed by atoms with Crippen LogP contribution in [-0.4, -0.2) is 34.5 Å². The van der Waals surface area contributed by atoms with Crippen LogP contribution < -0.4 is 10.2 Å². The zero-order chi connectivity index (χ0) is 13.9. The summed E-state index contributed by atoms with van der Waals surface area (Å²) in [4.78, 5) is 6.97. The monoisotopic (exact) mass is 282 g/mol. The van der Waals surface area contributed by atoms with E-state index in [9.17, 15) is 0 Å². The van der Waals surface area contributed by atoms with Gasteiger partial charge in [0.15, 0.2) is 0 Å². The largest absolute Gasteiger partial charge is 0.347 e. The maximum Gasteiger partial charge on any atom is 0.205 e. The van der Waals surface area contributed by atoms with Crippen molar-refractivity contribution in [1.82, 2.24) is 14.7 Å². The van der Waals surface area contributed by atoms with E-state index in [1.54, 1.807) is 11.5 Å². The van der Waals surface area contributed by atoms with Crippen LogP contribution in [0.2, 0.25) is 0 Å². The molecule has 0 radical (unpaired) electrons. The first-order valence-electron chi connectivity index (χ1n) is 7.30. The quantitative estimate of drug-likeness (QED) is 0.922. The second-order valence-corrected chi connectivity index (χ2v) is 7.14. The lowest BCUT2D eigenvalue weighted by atomic mass is 9.96. The maximum atomic E-state index is 4.58. The van der Waals surface area contributed by atoms with Crippen LogP contribution in [0.5, 0.6) is 0 Å². The molecule has 108 valence electrons. The highest BCUT2D eigenvalue weighted by molar-refractivity contribution is 7.09. The van der Waals surface area contributed by atoms with Crippen molar-refractivity contribution >= 4 is 16.7 Å². The Bertz CT molecular complexity index is 388. The van der Waals surface area contributed by atoms with Gasteiger partial charge in [-0.15, -0.1) is 0 Å². The minimum absolute atomic E-state index is 0.229. The van der Waals surface area contributed by atoms with Crippen LogP contribution in [-0.2, 0) is 6.42 Å². The van der Waals surface area contributed by atoms with Crippen LogP contribution in [0, 0.1) is 5.92 Å². The predicted molar refractivity (Wildman–Crippen MR) is 82.0 cm³/mol. The van der Waals surface area contributed by atoms with Crippen LogP contribution in [0.4, 0.5) is 5.13 Å². The van der Waals surface area contributed by atoms with E-state index in [0.29, 0.717) is 0 Å². The molecule has 4 nitrogen and oxygen atoms in total. The van der Waals surface area contributed by atoms with Crippen LogP contribution in [0.25, 0.3) is 0 Å². The molecule has 0 unspecified atom stereocenters. The lowest BCUT2D eigenvalue weighted by Gasteiger charge is -2.33. The minimum Gasteiger partial charge on any atom is -0.347 e. The molecule has 2 rings (SSSR count). The maximum absolute atomic E-state index is 4.58. The number of aromatic nitrogens is 2. The molecule has 19 heavy (non-hydrogen) atoms. The van der Waals surface area contributed by atoms with E-state index in [1.807, 2.05) is 0 Å². The summed E-state index contributed by atoms with van der Waals surface area (Å²) in [7, 11) is 0. The van der Waals surface area contributed by atoms with Crippen molar-refractivity contribution in [3.05, 3.63) is 5.82 Å². The Morgan fingerprint density at radius 1 is 1.32 bits per heavy atom. The predicted octanol–water partition coefficient (Wildman–Crippen LogP) is 2.71. The molecule has 0 saturated carbocycles. The Morgan fingerprint density at radius 3 is 2.53 bits per heavy atom. The van der Waals surface area contributed by atoms with Crippen LogP contribution >= 0.6 is 11.5 Å². The summed E-state index contributed by atoms with van der Waals surface area (Å²) >= 11 is 1.55. The number of nitrogens with zero attached hydrogens (tertiary/aromatic N) is 3. The molecule has 5 heteroatoms. The number of nitrogens with one attached hydrogen (secondary N) is 1. The molecule has 0 amide bonds. The Labute approximate surface area is 120 Å². The summed E-state index contributed by atoms with van der Waals surface area (Å²) in [6.07, 6.45) is 3.44. The fraction of sp³-hybridized carbons (Fsp3) is 0.857. The van der Waals surface area contributed by atoms with E-state index in [1.165, 1.54) is 12.8 Å². The van der Waals surface area contributed by atoms with Gasteiger partial charge in [-0.3, -0.25) is 0 Å². The molecule has 1 fully saturated rings. The number of aryl methyl sites for hydroxylation is 1. The van der Waals surface area contributed by atoms with E-state index < -0.39 is 0 Å². The zero-order valence-corrected chi connectivity index (χ0v) is 13.4. The summed E-state index contributed by atoms with van der Waals surface area (Å²) in [5, 5.41) is 4.73. The van der Waals surface area contributed by atoms with Gasteiger partial charge in [-0.2, -0.15) is 4.37 Å². The molecule has 2 heterocycles. The van der Waals surface area contributed by atoms with Crippen LogP contribution in [0.15, 0.2) is 0 Å². The van der Waals surface area contributed by atoms with Gasteiger partial charge in [0.05, 0.1) is 0 Å². The zero-order valence-electron chi connectivity index (χ0n) is 12.6. The summed E-state index contributed by atoms with van der Waals surface area (Å²) in [6, 6.07) is 0. The molecular formula is C14H26N4S. The highest BCUT2D eigenvalue weighted by Gasteiger charge is 2.22. The molecule has 0 spiro atoms. The number of piperidine rings is 1. The van der Waals surface area contributed by atoms with Crippen molar-refractivity contribution in [2.45, 2.75) is 52.5 Å². The standard InChI is InChI=1S/C14H26N4S/c1-5-12-16-13(19-17-12)18-8-6-11(7-9-18)10-15-14(2,3)4/h11,15H,5-10H2,1-4H3. The second kappa shape index (κ2) is 6.18. The third-order valence-electron chi connectivity index (χ3n) is 3.58. The molecule has 1 aliphatic heterocycles. The summed E-state index contributed by atoms with van der Waals surface area (Å²) in [5.74, 6) is 1.78. The SMILES string of the molecule is CCc1nsc(N2CCC(CNC(C)(C)C)CC2)n1. The van der Waals surface area contributed by atoms with Gasteiger partial charge in [-0.05, 0) is 46.1 Å². The van der Waals surface area contributed by atoms with Gasteiger partial charge in [-0.1, -0.05) is 6.92 Å². The second-order valence-electron chi connectivity index (χ2n) is 6.41. The van der Waals surface area contributed by atoms with Gasteiger partial charge >= 0.3 is 0 Å². The molecule has 1 aromatic rings. The average Bonchev–Trinajstić information content (AvgIpc) is 2.85. The van der Waals surface area contributed by atoms with Gasteiger partial charge in [0.25, 0.3) is 0 Å². The van der Waals surface area contributed by atoms with Gasteiger partial charge < -0.3 is 10.2 Å². The summed E-state index contributed by atoms with van der Waals surface area (Å²) < 4.78 is 4.37. The Kier molecular flexibility index (Phi) is 4.79. The van der Waals surface area contributed by atoms with E-state index in [-0.39, 0.29) is 5.54 Å². The minimum atomic E-state index is 0.229. The Morgan fingerprint density at radius 2 is 2.00 bits per heavy atom. The number of hydrogen-bond acceptors (Lipinski definition) is 5. The van der Waals surface area contributed by atoms with E-state index >= 15 is 0 Å². The smallest absolute Gasteiger partial charge is 0.205 e. The third-order valence-corrected chi connectivity index (χ3v) is 4.39. The molecule has 1 N–H and O–H groups in total. The molecule has 0 aliphatic carbocycles. The first-order chi connectivity index (χ1) is 8.98. The lowest BCUT2D eigenvalue weighted by molar-refractivity contribution is 0.329. The van der Waals surface area contributed by atoms with Crippen molar-refractivity contribution in [3.8, 4) is 0 Å². The van der Waals surface area contributed by atoms with Crippen molar-refractivity contribution < 1.29 is 0 Å².